The van der Waals surface area contributed by atoms with Crippen molar-refractivity contribution in [3.63, 3.8) is 0 Å². The SMILES string of the molecule is O=C(NCc1ccc(OCc2ccccc2)cc1)c1cc2ccccc2[nH]1. The highest BCUT2D eigenvalue weighted by atomic mass is 16.5. The van der Waals surface area contributed by atoms with Crippen LogP contribution in [-0.2, 0) is 13.2 Å². The number of aromatic amines is 1. The highest BCUT2D eigenvalue weighted by Gasteiger charge is 2.09. The lowest BCUT2D eigenvalue weighted by molar-refractivity contribution is 0.0947. The Morgan fingerprint density at radius 2 is 1.59 bits per heavy atom. The number of amides is 1. The molecule has 0 bridgehead atoms. The number of benzene rings is 3. The fraction of sp³-hybridized carbons (Fsp3) is 0.0870. The van der Waals surface area contributed by atoms with Gasteiger partial charge in [0.25, 0.3) is 5.91 Å². The van der Waals surface area contributed by atoms with Crippen molar-refractivity contribution in [2.45, 2.75) is 13.2 Å². The summed E-state index contributed by atoms with van der Waals surface area (Å²) in [4.78, 5) is 15.5. The zero-order valence-electron chi connectivity index (χ0n) is 14.8. The topological polar surface area (TPSA) is 54.1 Å². The van der Waals surface area contributed by atoms with E-state index < -0.39 is 0 Å². The van der Waals surface area contributed by atoms with Crippen LogP contribution in [-0.4, -0.2) is 10.9 Å². The Balaban J connectivity index is 1.32. The van der Waals surface area contributed by atoms with Crippen LogP contribution in [0.5, 0.6) is 5.75 Å². The van der Waals surface area contributed by atoms with Crippen molar-refractivity contribution < 1.29 is 9.53 Å². The Labute approximate surface area is 157 Å². The van der Waals surface area contributed by atoms with Gasteiger partial charge in [-0.15, -0.1) is 0 Å². The summed E-state index contributed by atoms with van der Waals surface area (Å²) in [6.45, 7) is 1.00. The number of rotatable bonds is 6. The van der Waals surface area contributed by atoms with Crippen molar-refractivity contribution in [2.75, 3.05) is 0 Å². The number of fused-ring (bicyclic) bond motifs is 1. The zero-order valence-corrected chi connectivity index (χ0v) is 14.8. The van der Waals surface area contributed by atoms with Crippen LogP contribution in [0.2, 0.25) is 0 Å². The Morgan fingerprint density at radius 3 is 2.37 bits per heavy atom. The van der Waals surface area contributed by atoms with E-state index in [1.807, 2.05) is 84.9 Å². The average molecular weight is 356 g/mol. The molecule has 1 heterocycles. The highest BCUT2D eigenvalue weighted by Crippen LogP contribution is 2.16. The minimum absolute atomic E-state index is 0.115. The van der Waals surface area contributed by atoms with Crippen molar-refractivity contribution in [3.8, 4) is 5.75 Å². The van der Waals surface area contributed by atoms with Gasteiger partial charge in [0.2, 0.25) is 0 Å². The lowest BCUT2D eigenvalue weighted by Gasteiger charge is -2.08. The van der Waals surface area contributed by atoms with Gasteiger partial charge >= 0.3 is 0 Å². The maximum Gasteiger partial charge on any atom is 0.267 e. The number of hydrogen-bond acceptors (Lipinski definition) is 2. The van der Waals surface area contributed by atoms with E-state index in [0.717, 1.165) is 27.8 Å². The standard InChI is InChI=1S/C23H20N2O2/c26-23(22-14-19-8-4-5-9-21(19)25-22)24-15-17-10-12-20(13-11-17)27-16-18-6-2-1-3-7-18/h1-14,25H,15-16H2,(H,24,26). The first-order valence-electron chi connectivity index (χ1n) is 8.89. The molecule has 0 aliphatic carbocycles. The number of hydrogen-bond donors (Lipinski definition) is 2. The summed E-state index contributed by atoms with van der Waals surface area (Å²) >= 11 is 0. The molecule has 27 heavy (non-hydrogen) atoms. The van der Waals surface area contributed by atoms with Crippen LogP contribution in [0.1, 0.15) is 21.6 Å². The summed E-state index contributed by atoms with van der Waals surface area (Å²) < 4.78 is 5.78. The molecule has 134 valence electrons. The molecule has 0 saturated heterocycles. The molecule has 1 aromatic heterocycles. The van der Waals surface area contributed by atoms with Crippen molar-refractivity contribution in [1.82, 2.24) is 10.3 Å². The molecule has 0 saturated carbocycles. The van der Waals surface area contributed by atoms with E-state index in [0.29, 0.717) is 18.8 Å². The molecule has 0 fully saturated rings. The summed E-state index contributed by atoms with van der Waals surface area (Å²) in [7, 11) is 0. The number of ether oxygens (including phenoxy) is 1. The van der Waals surface area contributed by atoms with Crippen molar-refractivity contribution in [2.24, 2.45) is 0 Å². The minimum Gasteiger partial charge on any atom is -0.489 e. The predicted octanol–water partition coefficient (Wildman–Crippen LogP) is 4.68. The molecule has 2 N–H and O–H groups in total. The summed E-state index contributed by atoms with van der Waals surface area (Å²) in [6, 6.07) is 27.5. The Morgan fingerprint density at radius 1 is 0.852 bits per heavy atom. The van der Waals surface area contributed by atoms with Crippen LogP contribution in [0.25, 0.3) is 10.9 Å². The molecule has 0 aliphatic rings. The van der Waals surface area contributed by atoms with E-state index in [1.165, 1.54) is 0 Å². The molecular formula is C23H20N2O2. The molecule has 1 amide bonds. The highest BCUT2D eigenvalue weighted by molar-refractivity contribution is 5.97. The van der Waals surface area contributed by atoms with Crippen LogP contribution < -0.4 is 10.1 Å². The second-order valence-corrected chi connectivity index (χ2v) is 6.37. The van der Waals surface area contributed by atoms with Gasteiger partial charge in [-0.1, -0.05) is 60.7 Å². The van der Waals surface area contributed by atoms with E-state index in [2.05, 4.69) is 10.3 Å². The molecule has 4 nitrogen and oxygen atoms in total. The van der Waals surface area contributed by atoms with Crippen LogP contribution in [0.4, 0.5) is 0 Å². The second kappa shape index (κ2) is 7.79. The maximum atomic E-state index is 12.3. The minimum atomic E-state index is -0.115. The summed E-state index contributed by atoms with van der Waals surface area (Å²) in [6.07, 6.45) is 0. The first-order chi connectivity index (χ1) is 13.3. The van der Waals surface area contributed by atoms with Gasteiger partial charge in [0, 0.05) is 17.4 Å². The van der Waals surface area contributed by atoms with Gasteiger partial charge in [-0.3, -0.25) is 4.79 Å². The molecule has 0 unspecified atom stereocenters. The van der Waals surface area contributed by atoms with Crippen molar-refractivity contribution in [1.29, 1.82) is 0 Å². The maximum absolute atomic E-state index is 12.3. The van der Waals surface area contributed by atoms with Crippen LogP contribution in [0.3, 0.4) is 0 Å². The largest absolute Gasteiger partial charge is 0.489 e. The smallest absolute Gasteiger partial charge is 0.267 e. The molecule has 4 rings (SSSR count). The summed E-state index contributed by atoms with van der Waals surface area (Å²) in [5.41, 5.74) is 3.68. The van der Waals surface area contributed by atoms with Crippen LogP contribution >= 0.6 is 0 Å². The lowest BCUT2D eigenvalue weighted by atomic mass is 10.2. The van der Waals surface area contributed by atoms with E-state index in [9.17, 15) is 4.79 Å². The molecular weight excluding hydrogens is 336 g/mol. The monoisotopic (exact) mass is 356 g/mol. The third-order valence-corrected chi connectivity index (χ3v) is 4.40. The molecule has 3 aromatic carbocycles. The van der Waals surface area contributed by atoms with Gasteiger partial charge in [0.1, 0.15) is 18.1 Å². The fourth-order valence-corrected chi connectivity index (χ4v) is 2.92. The lowest BCUT2D eigenvalue weighted by Crippen LogP contribution is -2.23. The number of H-pyrrole nitrogens is 1. The molecule has 4 aromatic rings. The molecule has 4 heteroatoms. The van der Waals surface area contributed by atoms with Gasteiger partial charge in [0.05, 0.1) is 0 Å². The normalized spacial score (nSPS) is 10.7. The Bertz CT molecular complexity index is 1000. The van der Waals surface area contributed by atoms with Crippen LogP contribution in [0, 0.1) is 0 Å². The van der Waals surface area contributed by atoms with Gasteiger partial charge in [-0.05, 0) is 35.4 Å². The number of aromatic nitrogens is 1. The van der Waals surface area contributed by atoms with Crippen molar-refractivity contribution in [3.05, 3.63) is 102 Å². The summed E-state index contributed by atoms with van der Waals surface area (Å²) in [5.74, 6) is 0.695. The van der Waals surface area contributed by atoms with Gasteiger partial charge in [-0.25, -0.2) is 0 Å². The van der Waals surface area contributed by atoms with E-state index >= 15 is 0 Å². The number of carbonyl (C=O) groups excluding carboxylic acids is 1. The summed E-state index contributed by atoms with van der Waals surface area (Å²) in [5, 5.41) is 3.97. The van der Waals surface area contributed by atoms with Gasteiger partial charge in [-0.2, -0.15) is 0 Å². The van der Waals surface area contributed by atoms with Crippen LogP contribution in [0.15, 0.2) is 84.9 Å². The molecule has 0 radical (unpaired) electrons. The van der Waals surface area contributed by atoms with Gasteiger partial charge in [0.15, 0.2) is 0 Å². The molecule has 0 spiro atoms. The Kier molecular flexibility index (Phi) is 4.88. The second-order valence-electron chi connectivity index (χ2n) is 6.37. The van der Waals surface area contributed by atoms with E-state index in [1.54, 1.807) is 0 Å². The first-order valence-corrected chi connectivity index (χ1v) is 8.89. The van der Waals surface area contributed by atoms with Crippen molar-refractivity contribution >= 4 is 16.8 Å². The van der Waals surface area contributed by atoms with E-state index in [4.69, 9.17) is 4.74 Å². The zero-order chi connectivity index (χ0) is 18.5. The fourth-order valence-electron chi connectivity index (χ4n) is 2.92. The Hall–Kier alpha value is -3.53. The average Bonchev–Trinajstić information content (AvgIpc) is 3.16. The first kappa shape index (κ1) is 16.9. The quantitative estimate of drug-likeness (QED) is 0.527. The van der Waals surface area contributed by atoms with Gasteiger partial charge < -0.3 is 15.0 Å². The number of para-hydroxylation sites is 1. The number of nitrogens with one attached hydrogen (secondary N) is 2. The third-order valence-electron chi connectivity index (χ3n) is 4.40. The number of carbonyl (C=O) groups is 1. The molecule has 0 atom stereocenters. The predicted molar refractivity (Wildman–Crippen MR) is 107 cm³/mol. The third kappa shape index (κ3) is 4.18. The molecule has 0 aliphatic heterocycles. The van der Waals surface area contributed by atoms with E-state index in [-0.39, 0.29) is 5.91 Å².